The Morgan fingerprint density at radius 2 is 1.86 bits per heavy atom. The summed E-state index contributed by atoms with van der Waals surface area (Å²) in [6.07, 6.45) is 1.48. The van der Waals surface area contributed by atoms with Crippen molar-refractivity contribution in [1.29, 1.82) is 0 Å². The van der Waals surface area contributed by atoms with Gasteiger partial charge in [-0.25, -0.2) is 4.68 Å². The van der Waals surface area contributed by atoms with Gasteiger partial charge in [-0.2, -0.15) is 0 Å². The molecule has 0 radical (unpaired) electrons. The van der Waals surface area contributed by atoms with E-state index in [1.165, 1.54) is 0 Å². The van der Waals surface area contributed by atoms with E-state index in [2.05, 4.69) is 15.5 Å². The number of methoxy groups -OCH3 is 1. The van der Waals surface area contributed by atoms with Crippen LogP contribution in [0.15, 0.2) is 29.1 Å². The molecular weight excluding hydrogens is 382 g/mol. The molecule has 8 nitrogen and oxygen atoms in total. The van der Waals surface area contributed by atoms with Crippen molar-refractivity contribution in [3.8, 4) is 11.4 Å². The third-order valence-electron chi connectivity index (χ3n) is 5.83. The number of aromatic nitrogens is 2. The number of rotatable bonds is 4. The average molecular weight is 406 g/mol. The maximum Gasteiger partial charge on any atom is 0.290 e. The lowest BCUT2D eigenvalue weighted by atomic mass is 9.88. The second-order valence-electron chi connectivity index (χ2n) is 7.32. The third kappa shape index (κ3) is 3.11. The Morgan fingerprint density at radius 3 is 2.43 bits per heavy atom. The lowest BCUT2D eigenvalue weighted by Crippen LogP contribution is -2.54. The van der Waals surface area contributed by atoms with E-state index < -0.39 is 5.54 Å². The highest BCUT2D eigenvalue weighted by molar-refractivity contribution is 6.31. The van der Waals surface area contributed by atoms with Crippen LogP contribution in [0.1, 0.15) is 18.5 Å². The molecule has 9 heteroatoms. The molecule has 2 N–H and O–H groups in total. The van der Waals surface area contributed by atoms with Crippen molar-refractivity contribution in [2.24, 2.45) is 7.05 Å². The molecule has 3 heterocycles. The normalized spacial score (nSPS) is 19.2. The second kappa shape index (κ2) is 7.27. The summed E-state index contributed by atoms with van der Waals surface area (Å²) in [6, 6.07) is 7.28. The average Bonchev–Trinajstić information content (AvgIpc) is 3.16. The highest BCUT2D eigenvalue weighted by atomic mass is 35.5. The Balaban J connectivity index is 1.54. The quantitative estimate of drug-likeness (QED) is 0.788. The lowest BCUT2D eigenvalue weighted by molar-refractivity contribution is -0.125. The maximum atomic E-state index is 12.8. The third-order valence-corrected chi connectivity index (χ3v) is 6.21. The number of nitrogens with zero attached hydrogens (tertiary/aromatic N) is 3. The van der Waals surface area contributed by atoms with Crippen LogP contribution in [0.25, 0.3) is 5.69 Å². The number of benzene rings is 1. The number of nitrogens with one attached hydrogen (secondary N) is 2. The fourth-order valence-electron chi connectivity index (χ4n) is 4.05. The number of piperidine rings is 1. The van der Waals surface area contributed by atoms with Gasteiger partial charge in [0.25, 0.3) is 5.56 Å². The summed E-state index contributed by atoms with van der Waals surface area (Å²) < 4.78 is 8.55. The van der Waals surface area contributed by atoms with Crippen molar-refractivity contribution in [3.63, 3.8) is 0 Å². The predicted molar refractivity (Wildman–Crippen MR) is 106 cm³/mol. The molecule has 0 unspecified atom stereocenters. The molecule has 2 aliphatic heterocycles. The Bertz CT molecular complexity index is 942. The number of halogens is 1. The van der Waals surface area contributed by atoms with E-state index in [9.17, 15) is 9.59 Å². The molecule has 1 amide bonds. The van der Waals surface area contributed by atoms with Crippen LogP contribution in [0.4, 0.5) is 0 Å². The van der Waals surface area contributed by atoms with E-state index in [4.69, 9.17) is 16.3 Å². The van der Waals surface area contributed by atoms with Gasteiger partial charge < -0.3 is 10.1 Å². The summed E-state index contributed by atoms with van der Waals surface area (Å²) in [4.78, 5) is 27.1. The van der Waals surface area contributed by atoms with Crippen molar-refractivity contribution in [3.05, 3.63) is 45.3 Å². The first kappa shape index (κ1) is 19.0. The second-order valence-corrected chi connectivity index (χ2v) is 7.69. The molecule has 150 valence electrons. The van der Waals surface area contributed by atoms with Gasteiger partial charge in [0.05, 0.1) is 25.2 Å². The van der Waals surface area contributed by atoms with Crippen molar-refractivity contribution in [1.82, 2.24) is 24.9 Å². The molecule has 1 spiro atoms. The Morgan fingerprint density at radius 1 is 1.18 bits per heavy atom. The fourth-order valence-corrected chi connectivity index (χ4v) is 4.31. The molecule has 2 fully saturated rings. The number of carbonyl (C=O) groups is 1. The van der Waals surface area contributed by atoms with Crippen molar-refractivity contribution in [2.75, 3.05) is 26.9 Å². The first-order valence-corrected chi connectivity index (χ1v) is 9.69. The van der Waals surface area contributed by atoms with Crippen LogP contribution < -0.4 is 20.9 Å². The zero-order valence-corrected chi connectivity index (χ0v) is 16.8. The van der Waals surface area contributed by atoms with Crippen molar-refractivity contribution >= 4 is 17.5 Å². The molecule has 2 saturated heterocycles. The van der Waals surface area contributed by atoms with Gasteiger partial charge in [-0.1, -0.05) is 11.6 Å². The molecule has 1 aromatic heterocycles. The monoisotopic (exact) mass is 405 g/mol. The molecule has 0 atom stereocenters. The molecule has 4 rings (SSSR count). The number of hydrogen-bond acceptors (Lipinski definition) is 5. The first-order valence-electron chi connectivity index (χ1n) is 9.32. The van der Waals surface area contributed by atoms with Crippen LogP contribution in [0.3, 0.4) is 0 Å². The summed E-state index contributed by atoms with van der Waals surface area (Å²) in [7, 11) is 3.44. The molecule has 0 saturated carbocycles. The summed E-state index contributed by atoms with van der Waals surface area (Å²) in [6.45, 7) is 2.62. The number of likely N-dealkylation sites (tertiary alicyclic amines) is 1. The lowest BCUT2D eigenvalue weighted by Gasteiger charge is -2.37. The number of ether oxygens (including phenoxy) is 1. The van der Waals surface area contributed by atoms with Gasteiger partial charge in [0.15, 0.2) is 0 Å². The van der Waals surface area contributed by atoms with Gasteiger partial charge in [-0.15, -0.1) is 0 Å². The number of carbonyl (C=O) groups excluding carboxylic acids is 1. The summed E-state index contributed by atoms with van der Waals surface area (Å²) >= 11 is 6.41. The molecule has 1 aromatic carbocycles. The van der Waals surface area contributed by atoms with E-state index >= 15 is 0 Å². The fraction of sp³-hybridized carbons (Fsp3) is 0.474. The Kier molecular flexibility index (Phi) is 4.95. The van der Waals surface area contributed by atoms with Crippen LogP contribution in [-0.4, -0.2) is 52.6 Å². The summed E-state index contributed by atoms with van der Waals surface area (Å²) in [5.41, 5.74) is 0.809. The summed E-state index contributed by atoms with van der Waals surface area (Å²) in [5.74, 6) is 0.812. The van der Waals surface area contributed by atoms with Crippen molar-refractivity contribution in [2.45, 2.75) is 24.9 Å². The van der Waals surface area contributed by atoms with Gasteiger partial charge >= 0.3 is 0 Å². The molecule has 0 aliphatic carbocycles. The molecule has 28 heavy (non-hydrogen) atoms. The topological polar surface area (TPSA) is 80.5 Å². The van der Waals surface area contributed by atoms with Crippen LogP contribution in [0.2, 0.25) is 5.02 Å². The van der Waals surface area contributed by atoms with E-state index in [1.54, 1.807) is 16.5 Å². The minimum atomic E-state index is -0.443. The number of amides is 1. The molecule has 0 bridgehead atoms. The highest BCUT2D eigenvalue weighted by Gasteiger charge is 2.44. The molecular formula is C19H24ClN5O3. The van der Waals surface area contributed by atoms with Gasteiger partial charge in [-0.3, -0.25) is 24.5 Å². The minimum absolute atomic E-state index is 0.0863. The largest absolute Gasteiger partial charge is 0.497 e. The Hall–Kier alpha value is -2.29. The molecule has 2 aliphatic rings. The van der Waals surface area contributed by atoms with Gasteiger partial charge in [-0.05, 0) is 37.1 Å². The van der Waals surface area contributed by atoms with Gasteiger partial charge in [0.1, 0.15) is 16.3 Å². The zero-order valence-electron chi connectivity index (χ0n) is 16.0. The highest BCUT2D eigenvalue weighted by Crippen LogP contribution is 2.27. The SMILES string of the molecule is COc1ccc(-n2c(=O)c(Cl)c(CN3CCC4(CC3)NCNC4=O)n2C)cc1. The number of hydrogen-bond donors (Lipinski definition) is 2. The van der Waals surface area contributed by atoms with Crippen LogP contribution in [0.5, 0.6) is 5.75 Å². The van der Waals surface area contributed by atoms with Crippen LogP contribution >= 0.6 is 11.6 Å². The van der Waals surface area contributed by atoms with E-state index in [0.29, 0.717) is 13.2 Å². The van der Waals surface area contributed by atoms with E-state index in [0.717, 1.165) is 43.1 Å². The Labute approximate surface area is 168 Å². The van der Waals surface area contributed by atoms with Gasteiger partial charge in [0.2, 0.25) is 5.91 Å². The molecule has 2 aromatic rings. The maximum absolute atomic E-state index is 12.8. The van der Waals surface area contributed by atoms with Crippen LogP contribution in [0, 0.1) is 0 Å². The standard InChI is InChI=1S/C19H24ClN5O3/c1-23-15(11-24-9-7-19(8-10-24)18(27)21-12-22-19)16(20)17(26)25(23)13-3-5-14(28-2)6-4-13/h3-6,22H,7-12H2,1-2H3,(H,21,27). The van der Waals surface area contributed by atoms with E-state index in [-0.39, 0.29) is 16.5 Å². The van der Waals surface area contributed by atoms with E-state index in [1.807, 2.05) is 31.3 Å². The summed E-state index contributed by atoms with van der Waals surface area (Å²) in [5, 5.41) is 6.37. The smallest absolute Gasteiger partial charge is 0.290 e. The predicted octanol–water partition coefficient (Wildman–Crippen LogP) is 0.850. The van der Waals surface area contributed by atoms with Gasteiger partial charge in [0, 0.05) is 26.7 Å². The van der Waals surface area contributed by atoms with Crippen molar-refractivity contribution < 1.29 is 9.53 Å². The first-order chi connectivity index (χ1) is 13.4. The minimum Gasteiger partial charge on any atom is -0.497 e. The zero-order chi connectivity index (χ0) is 19.9. The van der Waals surface area contributed by atoms with Crippen LogP contribution in [-0.2, 0) is 18.4 Å².